The Labute approximate surface area is 132 Å². The van der Waals surface area contributed by atoms with Gasteiger partial charge in [0.1, 0.15) is 18.8 Å². The number of carbonyl (C=O) groups excluding carboxylic acids is 1. The summed E-state index contributed by atoms with van der Waals surface area (Å²) in [5, 5.41) is 10.7. The number of rotatable bonds is 7. The Kier molecular flexibility index (Phi) is 5.32. The zero-order valence-corrected chi connectivity index (χ0v) is 12.6. The van der Waals surface area contributed by atoms with Crippen molar-refractivity contribution in [1.82, 2.24) is 0 Å². The molecule has 0 bridgehead atoms. The third-order valence-corrected chi connectivity index (χ3v) is 3.00. The van der Waals surface area contributed by atoms with Crippen molar-refractivity contribution >= 4 is 22.7 Å². The van der Waals surface area contributed by atoms with Gasteiger partial charge in [0, 0.05) is 11.0 Å². The van der Waals surface area contributed by atoms with Crippen LogP contribution in [0.3, 0.4) is 0 Å². The van der Waals surface area contributed by atoms with Crippen LogP contribution in [0.4, 0.5) is 0 Å². The van der Waals surface area contributed by atoms with Gasteiger partial charge in [-0.15, -0.1) is 0 Å². The topological polar surface area (TPSA) is 82.1 Å². The Morgan fingerprint density at radius 1 is 1.13 bits per heavy atom. The first-order valence-corrected chi connectivity index (χ1v) is 6.88. The molecule has 0 fully saturated rings. The Bertz CT molecular complexity index is 750. The average molecular weight is 316 g/mol. The van der Waals surface area contributed by atoms with Crippen LogP contribution < -0.4 is 4.89 Å². The van der Waals surface area contributed by atoms with Gasteiger partial charge in [0.15, 0.2) is 5.75 Å². The number of benzene rings is 2. The van der Waals surface area contributed by atoms with Crippen molar-refractivity contribution in [1.29, 1.82) is 0 Å². The summed E-state index contributed by atoms with van der Waals surface area (Å²) in [7, 11) is 0. The molecule has 0 unspecified atom stereocenters. The SMILES string of the molecule is C=C(C)C(=O)OCCOOc1ccc2ccccc2c1C(=O)O. The van der Waals surface area contributed by atoms with Crippen molar-refractivity contribution in [3.8, 4) is 5.75 Å². The molecule has 0 amide bonds. The number of aromatic carboxylic acids is 1. The number of hydrogen-bond donors (Lipinski definition) is 1. The van der Waals surface area contributed by atoms with Crippen LogP contribution in [-0.4, -0.2) is 30.3 Å². The van der Waals surface area contributed by atoms with Crippen molar-refractivity contribution in [2.45, 2.75) is 6.92 Å². The maximum Gasteiger partial charge on any atom is 0.340 e. The molecule has 2 aromatic rings. The monoisotopic (exact) mass is 316 g/mol. The van der Waals surface area contributed by atoms with E-state index in [4.69, 9.17) is 14.5 Å². The third-order valence-electron chi connectivity index (χ3n) is 3.00. The van der Waals surface area contributed by atoms with Gasteiger partial charge in [-0.1, -0.05) is 36.9 Å². The summed E-state index contributed by atoms with van der Waals surface area (Å²) in [4.78, 5) is 32.6. The van der Waals surface area contributed by atoms with Gasteiger partial charge < -0.3 is 14.7 Å². The van der Waals surface area contributed by atoms with E-state index >= 15 is 0 Å². The van der Waals surface area contributed by atoms with Crippen LogP contribution >= 0.6 is 0 Å². The van der Waals surface area contributed by atoms with Gasteiger partial charge in [0.25, 0.3) is 0 Å². The van der Waals surface area contributed by atoms with E-state index in [1.807, 2.05) is 12.1 Å². The molecule has 0 aliphatic heterocycles. The first-order chi connectivity index (χ1) is 11.0. The smallest absolute Gasteiger partial charge is 0.340 e. The van der Waals surface area contributed by atoms with Gasteiger partial charge >= 0.3 is 11.9 Å². The normalized spacial score (nSPS) is 10.3. The molecule has 6 heteroatoms. The number of carbonyl (C=O) groups is 2. The molecule has 1 N–H and O–H groups in total. The van der Waals surface area contributed by atoms with Crippen LogP contribution in [0.25, 0.3) is 10.8 Å². The average Bonchev–Trinajstić information content (AvgIpc) is 2.53. The van der Waals surface area contributed by atoms with E-state index in [1.165, 1.54) is 13.0 Å². The largest absolute Gasteiger partial charge is 0.478 e. The summed E-state index contributed by atoms with van der Waals surface area (Å²) in [6.07, 6.45) is 0. The number of carboxylic acid groups (broad SMARTS) is 1. The lowest BCUT2D eigenvalue weighted by Crippen LogP contribution is -2.13. The second-order valence-corrected chi connectivity index (χ2v) is 4.79. The Hall–Kier alpha value is -2.86. The molecule has 6 nitrogen and oxygen atoms in total. The predicted molar refractivity (Wildman–Crippen MR) is 83.3 cm³/mol. The van der Waals surface area contributed by atoms with Gasteiger partial charge in [0.05, 0.1) is 0 Å². The number of esters is 1. The van der Waals surface area contributed by atoms with E-state index < -0.39 is 11.9 Å². The summed E-state index contributed by atoms with van der Waals surface area (Å²) in [6.45, 7) is 4.92. The van der Waals surface area contributed by atoms with E-state index in [0.717, 1.165) is 5.39 Å². The van der Waals surface area contributed by atoms with Gasteiger partial charge in [0.2, 0.25) is 0 Å². The molecular weight excluding hydrogens is 300 g/mol. The molecule has 23 heavy (non-hydrogen) atoms. The van der Waals surface area contributed by atoms with Crippen molar-refractivity contribution in [2.75, 3.05) is 13.2 Å². The Morgan fingerprint density at radius 3 is 2.57 bits per heavy atom. The molecule has 0 spiro atoms. The maximum absolute atomic E-state index is 11.5. The van der Waals surface area contributed by atoms with Gasteiger partial charge in [-0.2, -0.15) is 4.89 Å². The van der Waals surface area contributed by atoms with Crippen LogP contribution in [0.1, 0.15) is 17.3 Å². The zero-order valence-electron chi connectivity index (χ0n) is 12.6. The van der Waals surface area contributed by atoms with Crippen molar-refractivity contribution < 1.29 is 29.2 Å². The maximum atomic E-state index is 11.5. The summed E-state index contributed by atoms with van der Waals surface area (Å²) in [6, 6.07) is 10.3. The molecule has 0 saturated heterocycles. The van der Waals surface area contributed by atoms with E-state index in [0.29, 0.717) is 5.39 Å². The highest BCUT2D eigenvalue weighted by Gasteiger charge is 2.16. The molecule has 0 heterocycles. The van der Waals surface area contributed by atoms with Crippen LogP contribution in [0, 0.1) is 0 Å². The molecule has 0 radical (unpaired) electrons. The van der Waals surface area contributed by atoms with Gasteiger partial charge in [-0.25, -0.2) is 9.59 Å². The fourth-order valence-electron chi connectivity index (χ4n) is 1.94. The lowest BCUT2D eigenvalue weighted by Gasteiger charge is -2.10. The fraction of sp³-hybridized carbons (Fsp3) is 0.176. The number of hydrogen-bond acceptors (Lipinski definition) is 5. The lowest BCUT2D eigenvalue weighted by atomic mass is 10.0. The molecule has 0 aliphatic carbocycles. The molecule has 120 valence electrons. The van der Waals surface area contributed by atoms with Gasteiger partial charge in [-0.3, -0.25) is 0 Å². The standard InChI is InChI=1S/C17H16O6/c1-11(2)17(20)21-9-10-22-23-14-8-7-12-5-3-4-6-13(12)15(14)16(18)19/h3-8H,1,9-10H2,2H3,(H,18,19). The highest BCUT2D eigenvalue weighted by molar-refractivity contribution is 6.06. The molecule has 0 saturated carbocycles. The van der Waals surface area contributed by atoms with Crippen LogP contribution in [0.5, 0.6) is 5.75 Å². The quantitative estimate of drug-likeness (QED) is 0.278. The first-order valence-electron chi connectivity index (χ1n) is 6.88. The first kappa shape index (κ1) is 16.5. The summed E-state index contributed by atoms with van der Waals surface area (Å²) < 4.78 is 4.83. The van der Waals surface area contributed by atoms with E-state index in [2.05, 4.69) is 6.58 Å². The second kappa shape index (κ2) is 7.42. The summed E-state index contributed by atoms with van der Waals surface area (Å²) in [5.74, 6) is -1.55. The van der Waals surface area contributed by atoms with Crippen molar-refractivity contribution in [3.05, 3.63) is 54.1 Å². The number of carboxylic acids is 1. The van der Waals surface area contributed by atoms with E-state index in [-0.39, 0.29) is 30.1 Å². The van der Waals surface area contributed by atoms with Crippen LogP contribution in [-0.2, 0) is 14.4 Å². The molecule has 0 aliphatic rings. The fourth-order valence-corrected chi connectivity index (χ4v) is 1.94. The molecule has 0 atom stereocenters. The Morgan fingerprint density at radius 2 is 1.87 bits per heavy atom. The molecule has 2 rings (SSSR count). The minimum Gasteiger partial charge on any atom is -0.478 e. The summed E-state index contributed by atoms with van der Waals surface area (Å²) >= 11 is 0. The highest BCUT2D eigenvalue weighted by atomic mass is 17.2. The second-order valence-electron chi connectivity index (χ2n) is 4.79. The highest BCUT2D eigenvalue weighted by Crippen LogP contribution is 2.28. The van der Waals surface area contributed by atoms with Crippen LogP contribution in [0.2, 0.25) is 0 Å². The Balaban J connectivity index is 2.03. The minimum atomic E-state index is -1.12. The van der Waals surface area contributed by atoms with Gasteiger partial charge in [-0.05, 0) is 18.4 Å². The number of ether oxygens (including phenoxy) is 1. The van der Waals surface area contributed by atoms with Crippen molar-refractivity contribution in [3.63, 3.8) is 0 Å². The predicted octanol–water partition coefficient (Wildman–Crippen LogP) is 2.97. The number of fused-ring (bicyclic) bond motifs is 1. The molecular formula is C17H16O6. The van der Waals surface area contributed by atoms with E-state index in [9.17, 15) is 14.7 Å². The molecule has 2 aromatic carbocycles. The minimum absolute atomic E-state index is 0.0158. The van der Waals surface area contributed by atoms with Crippen molar-refractivity contribution in [2.24, 2.45) is 0 Å². The summed E-state index contributed by atoms with van der Waals surface area (Å²) in [5.41, 5.74) is 0.302. The zero-order chi connectivity index (χ0) is 16.8. The molecule has 0 aromatic heterocycles. The third kappa shape index (κ3) is 4.08. The van der Waals surface area contributed by atoms with E-state index in [1.54, 1.807) is 18.2 Å². The van der Waals surface area contributed by atoms with Crippen LogP contribution in [0.15, 0.2) is 48.6 Å². The lowest BCUT2D eigenvalue weighted by molar-refractivity contribution is -0.215.